The van der Waals surface area contributed by atoms with Gasteiger partial charge in [-0.3, -0.25) is 4.79 Å². The van der Waals surface area contributed by atoms with Crippen molar-refractivity contribution < 1.29 is 13.2 Å². The lowest BCUT2D eigenvalue weighted by Gasteiger charge is -2.20. The quantitative estimate of drug-likeness (QED) is 0.670. The molecule has 136 valence electrons. The third-order valence-electron chi connectivity index (χ3n) is 4.47. The zero-order chi connectivity index (χ0) is 18.3. The number of fused-ring (bicyclic) bond motifs is 1. The number of benzene rings is 1. The predicted molar refractivity (Wildman–Crippen MR) is 103 cm³/mol. The van der Waals surface area contributed by atoms with Crippen LogP contribution in [0.5, 0.6) is 0 Å². The van der Waals surface area contributed by atoms with Crippen molar-refractivity contribution in [2.75, 3.05) is 6.54 Å². The van der Waals surface area contributed by atoms with Crippen LogP contribution in [0.25, 0.3) is 10.2 Å². The number of amides is 1. The molecule has 1 fully saturated rings. The van der Waals surface area contributed by atoms with Crippen molar-refractivity contribution in [3.05, 3.63) is 46.6 Å². The van der Waals surface area contributed by atoms with Gasteiger partial charge in [0.15, 0.2) is 4.80 Å². The second-order valence-corrected chi connectivity index (χ2v) is 10.1. The summed E-state index contributed by atoms with van der Waals surface area (Å²) in [5, 5.41) is 1.72. The zero-order valence-electron chi connectivity index (χ0n) is 14.0. The van der Waals surface area contributed by atoms with Gasteiger partial charge in [-0.05, 0) is 36.4 Å². The molecule has 26 heavy (non-hydrogen) atoms. The van der Waals surface area contributed by atoms with Crippen molar-refractivity contribution in [1.29, 1.82) is 0 Å². The molecule has 0 saturated carbocycles. The minimum Gasteiger partial charge on any atom is -0.319 e. The first-order valence-electron chi connectivity index (χ1n) is 8.17. The van der Waals surface area contributed by atoms with E-state index in [1.807, 2.05) is 35.9 Å². The van der Waals surface area contributed by atoms with Crippen molar-refractivity contribution in [3.63, 3.8) is 0 Å². The van der Waals surface area contributed by atoms with Crippen LogP contribution in [0.15, 0.2) is 51.0 Å². The van der Waals surface area contributed by atoms with Crippen molar-refractivity contribution in [2.45, 2.75) is 23.1 Å². The molecular weight excluding hydrogens is 390 g/mol. The molecular formula is C17H17N3O3S3. The maximum Gasteiger partial charge on any atom is 0.266 e. The first-order chi connectivity index (χ1) is 12.5. The van der Waals surface area contributed by atoms with Crippen LogP contribution in [0, 0.1) is 0 Å². The monoisotopic (exact) mass is 407 g/mol. The summed E-state index contributed by atoms with van der Waals surface area (Å²) in [6.07, 6.45) is 1.16. The first kappa shape index (κ1) is 17.6. The van der Waals surface area contributed by atoms with E-state index in [4.69, 9.17) is 0 Å². The third kappa shape index (κ3) is 2.94. The van der Waals surface area contributed by atoms with Gasteiger partial charge in [-0.25, -0.2) is 8.42 Å². The summed E-state index contributed by atoms with van der Waals surface area (Å²) in [5.41, 5.74) is 0.999. The fourth-order valence-electron chi connectivity index (χ4n) is 3.16. The molecule has 1 atom stereocenters. The maximum atomic E-state index is 12.8. The molecule has 4 rings (SSSR count). The van der Waals surface area contributed by atoms with E-state index < -0.39 is 22.0 Å². The number of thiazole rings is 1. The molecule has 1 amide bonds. The molecule has 6 nitrogen and oxygen atoms in total. The minimum atomic E-state index is -3.65. The molecule has 0 unspecified atom stereocenters. The molecule has 2 aromatic heterocycles. The lowest BCUT2D eigenvalue weighted by molar-refractivity contribution is -0.121. The Morgan fingerprint density at radius 3 is 2.77 bits per heavy atom. The molecule has 0 N–H and O–H groups in total. The lowest BCUT2D eigenvalue weighted by Crippen LogP contribution is -2.40. The standard InChI is InChI=1S/C17H17N3O3S3/c1-19-12-6-2-3-8-14(12)25-17(19)18-16(21)13-7-4-10-20(13)26(22,23)15-9-5-11-24-15/h2-3,5-6,8-9,11,13H,4,7,10H2,1H3/t13-/m0/s1. The average Bonchev–Trinajstić information content (AvgIpc) is 3.36. The third-order valence-corrected chi connectivity index (χ3v) is 8.86. The van der Waals surface area contributed by atoms with Crippen molar-refractivity contribution >= 4 is 48.8 Å². The number of aromatic nitrogens is 1. The van der Waals surface area contributed by atoms with Gasteiger partial charge in [0, 0.05) is 13.6 Å². The molecule has 1 aliphatic heterocycles. The van der Waals surface area contributed by atoms with Crippen LogP contribution in [-0.2, 0) is 21.9 Å². The predicted octanol–water partition coefficient (Wildman–Crippen LogP) is 2.58. The molecule has 1 saturated heterocycles. The fourth-order valence-corrected chi connectivity index (χ4v) is 6.95. The van der Waals surface area contributed by atoms with E-state index in [-0.39, 0.29) is 4.21 Å². The normalized spacial score (nSPS) is 19.4. The number of carbonyl (C=O) groups excluding carboxylic acids is 1. The Labute approximate surface area is 159 Å². The van der Waals surface area contributed by atoms with Gasteiger partial charge >= 0.3 is 0 Å². The van der Waals surface area contributed by atoms with Gasteiger partial charge in [-0.1, -0.05) is 29.5 Å². The number of carbonyl (C=O) groups is 1. The summed E-state index contributed by atoms with van der Waals surface area (Å²) in [5.74, 6) is -0.398. The van der Waals surface area contributed by atoms with E-state index >= 15 is 0 Å². The summed E-state index contributed by atoms with van der Waals surface area (Å²) in [6, 6.07) is 10.4. The Bertz CT molecular complexity index is 1130. The molecule has 0 aliphatic carbocycles. The summed E-state index contributed by atoms with van der Waals surface area (Å²) < 4.78 is 30.1. The SMILES string of the molecule is Cn1c(=NC(=O)[C@@H]2CCCN2S(=O)(=O)c2cccs2)sc2ccccc21. The van der Waals surface area contributed by atoms with E-state index in [1.165, 1.54) is 27.0 Å². The van der Waals surface area contributed by atoms with Crippen LogP contribution in [0.2, 0.25) is 0 Å². The average molecular weight is 408 g/mol. The van der Waals surface area contributed by atoms with Gasteiger partial charge < -0.3 is 4.57 Å². The molecule has 0 bridgehead atoms. The Balaban J connectivity index is 1.70. The number of rotatable bonds is 3. The molecule has 9 heteroatoms. The van der Waals surface area contributed by atoms with E-state index in [0.717, 1.165) is 10.2 Å². The van der Waals surface area contributed by atoms with Crippen molar-refractivity contribution in [3.8, 4) is 0 Å². The van der Waals surface area contributed by atoms with E-state index in [0.29, 0.717) is 24.2 Å². The van der Waals surface area contributed by atoms with Gasteiger partial charge in [0.2, 0.25) is 0 Å². The summed E-state index contributed by atoms with van der Waals surface area (Å²) in [6.45, 7) is 0.352. The number of hydrogen-bond donors (Lipinski definition) is 0. The highest BCUT2D eigenvalue weighted by Gasteiger charge is 2.39. The van der Waals surface area contributed by atoms with E-state index in [2.05, 4.69) is 4.99 Å². The van der Waals surface area contributed by atoms with Crippen LogP contribution in [0.4, 0.5) is 0 Å². The van der Waals surface area contributed by atoms with Gasteiger partial charge in [0.1, 0.15) is 10.3 Å². The second kappa shape index (κ2) is 6.73. The number of aryl methyl sites for hydroxylation is 1. The Kier molecular flexibility index (Phi) is 4.55. The maximum absolute atomic E-state index is 12.8. The fraction of sp³-hybridized carbons (Fsp3) is 0.294. The van der Waals surface area contributed by atoms with Crippen LogP contribution >= 0.6 is 22.7 Å². The molecule has 3 heterocycles. The number of para-hydroxylation sites is 1. The van der Waals surface area contributed by atoms with Crippen LogP contribution < -0.4 is 4.80 Å². The Morgan fingerprint density at radius 2 is 2.04 bits per heavy atom. The van der Waals surface area contributed by atoms with Crippen LogP contribution in [-0.4, -0.2) is 35.8 Å². The summed E-state index contributed by atoms with van der Waals surface area (Å²) in [7, 11) is -1.79. The van der Waals surface area contributed by atoms with Crippen molar-refractivity contribution in [2.24, 2.45) is 12.0 Å². The van der Waals surface area contributed by atoms with Gasteiger partial charge in [0.05, 0.1) is 10.2 Å². The molecule has 0 radical (unpaired) electrons. The Morgan fingerprint density at radius 1 is 1.23 bits per heavy atom. The van der Waals surface area contributed by atoms with Gasteiger partial charge in [-0.2, -0.15) is 9.30 Å². The minimum absolute atomic E-state index is 0.268. The second-order valence-electron chi connectivity index (χ2n) is 6.07. The van der Waals surface area contributed by atoms with E-state index in [1.54, 1.807) is 17.5 Å². The number of hydrogen-bond acceptors (Lipinski definition) is 5. The number of sulfonamides is 1. The Hall–Kier alpha value is -1.81. The summed E-state index contributed by atoms with van der Waals surface area (Å²) in [4.78, 5) is 17.6. The highest BCUT2D eigenvalue weighted by atomic mass is 32.2. The smallest absolute Gasteiger partial charge is 0.266 e. The zero-order valence-corrected chi connectivity index (χ0v) is 16.5. The number of thiophene rings is 1. The van der Waals surface area contributed by atoms with Gasteiger partial charge in [0.25, 0.3) is 15.9 Å². The first-order valence-corrected chi connectivity index (χ1v) is 11.3. The molecule has 1 aromatic carbocycles. The topological polar surface area (TPSA) is 71.7 Å². The van der Waals surface area contributed by atoms with Crippen LogP contribution in [0.3, 0.4) is 0 Å². The van der Waals surface area contributed by atoms with E-state index in [9.17, 15) is 13.2 Å². The van der Waals surface area contributed by atoms with Crippen molar-refractivity contribution in [1.82, 2.24) is 8.87 Å². The highest BCUT2D eigenvalue weighted by Crippen LogP contribution is 2.29. The molecule has 3 aromatic rings. The van der Waals surface area contributed by atoms with Gasteiger partial charge in [-0.15, -0.1) is 11.3 Å². The number of nitrogens with zero attached hydrogens (tertiary/aromatic N) is 3. The molecule has 0 spiro atoms. The summed E-state index contributed by atoms with van der Waals surface area (Å²) >= 11 is 2.59. The molecule has 1 aliphatic rings. The van der Waals surface area contributed by atoms with Crippen LogP contribution in [0.1, 0.15) is 12.8 Å². The largest absolute Gasteiger partial charge is 0.319 e. The highest BCUT2D eigenvalue weighted by molar-refractivity contribution is 7.91. The lowest BCUT2D eigenvalue weighted by atomic mass is 10.2.